The molecule has 0 spiro atoms. The van der Waals surface area contributed by atoms with Gasteiger partial charge in [-0.05, 0) is 66.2 Å². The lowest BCUT2D eigenvalue weighted by molar-refractivity contribution is 0.306. The monoisotopic (exact) mass is 582 g/mol. The van der Waals surface area contributed by atoms with Gasteiger partial charge in [0.15, 0.2) is 0 Å². The Kier molecular flexibility index (Phi) is 7.52. The molecule has 0 amide bonds. The van der Waals surface area contributed by atoms with Crippen LogP contribution in [0.5, 0.6) is 5.75 Å². The number of nitrogens with one attached hydrogen (secondary N) is 2. The van der Waals surface area contributed by atoms with Crippen molar-refractivity contribution in [3.63, 3.8) is 0 Å². The molecule has 0 atom stereocenters. The molecule has 0 bridgehead atoms. The molecular formula is C29H26ClFN4O4S. The first kappa shape index (κ1) is 25.0. The summed E-state index contributed by atoms with van der Waals surface area (Å²) in [6, 6.07) is 19.9. The van der Waals surface area contributed by atoms with Gasteiger partial charge in [-0.3, -0.25) is 0 Å². The number of anilines is 2. The Morgan fingerprint density at radius 1 is 1.07 bits per heavy atom. The fourth-order valence-corrected chi connectivity index (χ4v) is 4.58. The van der Waals surface area contributed by atoms with Crippen LogP contribution >= 0.6 is 11.6 Å². The molecule has 0 aliphatic heterocycles. The predicted molar refractivity (Wildman–Crippen MR) is 154 cm³/mol. The lowest BCUT2D eigenvalue weighted by Crippen LogP contribution is -2.21. The molecule has 5 rings (SSSR count). The molecule has 0 radical (unpaired) electrons. The second-order valence-corrected chi connectivity index (χ2v) is 11.7. The Labute approximate surface area is 238 Å². The second kappa shape index (κ2) is 12.0. The standard InChI is InChI=1S/C29H26ClFN4O4S/c1-40(36,37)12-11-32-16-23-7-10-27(39-23)20-5-8-26-24(14-20)29(34-18-33-26)35-22-6-9-28(25(30)15-22)38-17-19-3-2-4-21(31)13-19/h2-10,13-15,18,32H,11-12,16-17H2,1H3,(H,33,34,35)/i16D2. The minimum atomic E-state index is -3.24. The maximum absolute atomic E-state index is 13.4. The molecule has 2 aromatic heterocycles. The normalized spacial score (nSPS) is 12.7. The maximum Gasteiger partial charge on any atom is 0.148 e. The molecule has 2 N–H and O–H groups in total. The van der Waals surface area contributed by atoms with Crippen molar-refractivity contribution < 1.29 is 24.7 Å². The van der Waals surface area contributed by atoms with Crippen molar-refractivity contribution in [1.29, 1.82) is 0 Å². The minimum absolute atomic E-state index is 0.0168. The molecule has 2 heterocycles. The average Bonchev–Trinajstić information content (AvgIpc) is 3.44. The van der Waals surface area contributed by atoms with E-state index in [1.54, 1.807) is 48.5 Å². The van der Waals surface area contributed by atoms with Gasteiger partial charge in [0, 0.05) is 29.4 Å². The van der Waals surface area contributed by atoms with Crippen LogP contribution < -0.4 is 15.4 Å². The first-order chi connectivity index (χ1) is 20.0. The van der Waals surface area contributed by atoms with Crippen LogP contribution in [0.15, 0.2) is 83.5 Å². The highest BCUT2D eigenvalue weighted by Gasteiger charge is 2.11. The summed E-state index contributed by atoms with van der Waals surface area (Å²) in [5, 5.41) is 6.88. The van der Waals surface area contributed by atoms with Gasteiger partial charge in [-0.25, -0.2) is 22.8 Å². The van der Waals surface area contributed by atoms with Crippen LogP contribution in [0.2, 0.25) is 5.02 Å². The lowest BCUT2D eigenvalue weighted by atomic mass is 10.1. The molecule has 0 unspecified atom stereocenters. The van der Waals surface area contributed by atoms with E-state index in [0.29, 0.717) is 50.1 Å². The number of hydrogen-bond donors (Lipinski definition) is 2. The fraction of sp³-hybridized carbons (Fsp3) is 0.172. The van der Waals surface area contributed by atoms with E-state index < -0.39 is 16.3 Å². The molecule has 206 valence electrons. The third-order valence-corrected chi connectivity index (χ3v) is 7.05. The van der Waals surface area contributed by atoms with Gasteiger partial charge in [0.1, 0.15) is 51.7 Å². The molecule has 3 aromatic carbocycles. The van der Waals surface area contributed by atoms with Crippen molar-refractivity contribution in [1.82, 2.24) is 15.3 Å². The number of rotatable bonds is 11. The number of halogens is 2. The third-order valence-electron chi connectivity index (χ3n) is 5.81. The summed E-state index contributed by atoms with van der Waals surface area (Å²) in [5.41, 5.74) is 2.66. The molecular weight excluding hydrogens is 555 g/mol. The zero-order valence-corrected chi connectivity index (χ0v) is 22.9. The van der Waals surface area contributed by atoms with Crippen molar-refractivity contribution in [2.45, 2.75) is 13.1 Å². The first-order valence-electron chi connectivity index (χ1n) is 13.2. The molecule has 8 nitrogen and oxygen atoms in total. The summed E-state index contributed by atoms with van der Waals surface area (Å²) in [7, 11) is -3.24. The SMILES string of the molecule is [2H]C([2H])(NCCS(C)(=O)=O)c1ccc(-c2ccc3ncnc(Nc4ccc(OCc5cccc(F)c5)c(Cl)c4)c3c2)o1. The van der Waals surface area contributed by atoms with E-state index in [-0.39, 0.29) is 30.5 Å². The summed E-state index contributed by atoms with van der Waals surface area (Å²) in [4.78, 5) is 8.72. The Morgan fingerprint density at radius 2 is 1.95 bits per heavy atom. The first-order valence-corrected chi connectivity index (χ1v) is 14.6. The zero-order valence-electron chi connectivity index (χ0n) is 23.3. The summed E-state index contributed by atoms with van der Waals surface area (Å²) < 4.78 is 64.3. The Morgan fingerprint density at radius 3 is 2.75 bits per heavy atom. The fourth-order valence-electron chi connectivity index (χ4n) is 3.88. The topological polar surface area (TPSA) is 106 Å². The smallest absolute Gasteiger partial charge is 0.148 e. The number of aromatic nitrogens is 2. The van der Waals surface area contributed by atoms with Crippen molar-refractivity contribution in [2.75, 3.05) is 23.9 Å². The van der Waals surface area contributed by atoms with Crippen LogP contribution in [-0.4, -0.2) is 36.9 Å². The van der Waals surface area contributed by atoms with Crippen molar-refractivity contribution in [2.24, 2.45) is 0 Å². The summed E-state index contributed by atoms with van der Waals surface area (Å²) in [6.07, 6.45) is 2.53. The molecule has 5 aromatic rings. The Hall–Kier alpha value is -3.99. The molecule has 0 aliphatic carbocycles. The zero-order chi connectivity index (χ0) is 29.9. The quantitative estimate of drug-likeness (QED) is 0.191. The third kappa shape index (κ3) is 7.15. The molecule has 0 aliphatic rings. The van der Waals surface area contributed by atoms with E-state index >= 15 is 0 Å². The van der Waals surface area contributed by atoms with E-state index in [1.165, 1.54) is 24.5 Å². The van der Waals surface area contributed by atoms with E-state index in [1.807, 2.05) is 6.07 Å². The Balaban J connectivity index is 1.33. The lowest BCUT2D eigenvalue weighted by Gasteiger charge is -2.12. The van der Waals surface area contributed by atoms with Gasteiger partial charge in [0.05, 0.1) is 25.5 Å². The van der Waals surface area contributed by atoms with Crippen LogP contribution in [0.3, 0.4) is 0 Å². The van der Waals surface area contributed by atoms with Crippen molar-refractivity contribution in [3.05, 3.63) is 101 Å². The van der Waals surface area contributed by atoms with Gasteiger partial charge < -0.3 is 19.8 Å². The van der Waals surface area contributed by atoms with Gasteiger partial charge in [-0.1, -0.05) is 23.7 Å². The largest absolute Gasteiger partial charge is 0.487 e. The number of fused-ring (bicyclic) bond motifs is 1. The number of ether oxygens (including phenoxy) is 1. The number of sulfone groups is 1. The number of benzene rings is 3. The number of hydrogen-bond acceptors (Lipinski definition) is 8. The van der Waals surface area contributed by atoms with Crippen LogP contribution in [-0.2, 0) is 22.9 Å². The molecule has 0 fully saturated rings. The highest BCUT2D eigenvalue weighted by atomic mass is 35.5. The van der Waals surface area contributed by atoms with E-state index in [4.69, 9.17) is 23.5 Å². The van der Waals surface area contributed by atoms with E-state index in [2.05, 4.69) is 20.6 Å². The van der Waals surface area contributed by atoms with Gasteiger partial charge in [0.2, 0.25) is 0 Å². The van der Waals surface area contributed by atoms with Crippen LogP contribution in [0.4, 0.5) is 15.9 Å². The maximum atomic E-state index is 13.4. The van der Waals surface area contributed by atoms with Crippen molar-refractivity contribution in [3.8, 4) is 17.1 Å². The average molecular weight is 583 g/mol. The number of nitrogens with zero attached hydrogens (tertiary/aromatic N) is 2. The second-order valence-electron chi connectivity index (χ2n) is 8.99. The summed E-state index contributed by atoms with van der Waals surface area (Å²) in [6.45, 7) is -1.97. The van der Waals surface area contributed by atoms with Gasteiger partial charge in [-0.15, -0.1) is 0 Å². The molecule has 40 heavy (non-hydrogen) atoms. The highest BCUT2D eigenvalue weighted by molar-refractivity contribution is 7.90. The minimum Gasteiger partial charge on any atom is -0.487 e. The number of furan rings is 1. The predicted octanol–water partition coefficient (Wildman–Crippen LogP) is 6.14. The molecule has 0 saturated carbocycles. The van der Waals surface area contributed by atoms with E-state index in [0.717, 1.165) is 6.26 Å². The summed E-state index contributed by atoms with van der Waals surface area (Å²) in [5.74, 6) is 0.850. The summed E-state index contributed by atoms with van der Waals surface area (Å²) >= 11 is 6.46. The van der Waals surface area contributed by atoms with Crippen molar-refractivity contribution >= 4 is 43.8 Å². The van der Waals surface area contributed by atoms with Crippen LogP contribution in [0, 0.1) is 5.82 Å². The van der Waals surface area contributed by atoms with Crippen LogP contribution in [0.25, 0.3) is 22.2 Å². The van der Waals surface area contributed by atoms with Gasteiger partial charge in [0.25, 0.3) is 0 Å². The molecule has 0 saturated heterocycles. The van der Waals surface area contributed by atoms with Gasteiger partial charge in [-0.2, -0.15) is 0 Å². The Bertz CT molecular complexity index is 1850. The highest BCUT2D eigenvalue weighted by Crippen LogP contribution is 2.32. The molecule has 11 heteroatoms. The van der Waals surface area contributed by atoms with Gasteiger partial charge >= 0.3 is 0 Å². The van der Waals surface area contributed by atoms with E-state index in [9.17, 15) is 12.8 Å². The van der Waals surface area contributed by atoms with Crippen LogP contribution in [0.1, 0.15) is 14.1 Å².